The van der Waals surface area contributed by atoms with Crippen molar-refractivity contribution in [3.05, 3.63) is 35.0 Å². The third kappa shape index (κ3) is 3.55. The Labute approximate surface area is 115 Å². The van der Waals surface area contributed by atoms with Crippen LogP contribution >= 0.6 is 12.2 Å². The Balaban J connectivity index is 2.00. The number of aliphatic hydroxyl groups excluding tert-OH is 1. The third-order valence-electron chi connectivity index (χ3n) is 2.41. The molecular formula is C12H15N3O3S. The molecule has 1 aromatic carbocycles. The van der Waals surface area contributed by atoms with Gasteiger partial charge in [0.25, 0.3) is 4.84 Å². The van der Waals surface area contributed by atoms with E-state index < -0.39 is 6.10 Å². The lowest BCUT2D eigenvalue weighted by molar-refractivity contribution is 0.155. The highest BCUT2D eigenvalue weighted by molar-refractivity contribution is 7.71. The van der Waals surface area contributed by atoms with Gasteiger partial charge in [-0.05, 0) is 31.3 Å². The van der Waals surface area contributed by atoms with Gasteiger partial charge >= 0.3 is 0 Å². The standard InChI is InChI=1S/C12H15N3O3S/c1-2-17-10-6-4-3-5-8(10)13-7-9(16)11-14-15-12(19)18-11/h3-6,9,13,16H,2,7H2,1H3,(H,15,19). The second-order valence-electron chi connectivity index (χ2n) is 3.78. The van der Waals surface area contributed by atoms with Crippen LogP contribution in [-0.2, 0) is 0 Å². The summed E-state index contributed by atoms with van der Waals surface area (Å²) < 4.78 is 10.5. The molecule has 1 aromatic heterocycles. The minimum Gasteiger partial charge on any atom is -0.492 e. The molecule has 0 saturated carbocycles. The summed E-state index contributed by atoms with van der Waals surface area (Å²) in [6.07, 6.45) is -0.886. The summed E-state index contributed by atoms with van der Waals surface area (Å²) in [6.45, 7) is 2.74. The molecule has 1 unspecified atom stereocenters. The number of benzene rings is 1. The van der Waals surface area contributed by atoms with Gasteiger partial charge in [0.05, 0.1) is 12.3 Å². The van der Waals surface area contributed by atoms with Crippen molar-refractivity contribution in [1.29, 1.82) is 0 Å². The second-order valence-corrected chi connectivity index (χ2v) is 4.15. The zero-order chi connectivity index (χ0) is 13.7. The largest absolute Gasteiger partial charge is 0.492 e. The fourth-order valence-electron chi connectivity index (χ4n) is 1.57. The number of para-hydroxylation sites is 2. The van der Waals surface area contributed by atoms with Crippen LogP contribution in [0.2, 0.25) is 0 Å². The van der Waals surface area contributed by atoms with Crippen molar-refractivity contribution in [2.75, 3.05) is 18.5 Å². The minimum absolute atomic E-state index is 0.142. The predicted molar refractivity (Wildman–Crippen MR) is 72.7 cm³/mol. The highest BCUT2D eigenvalue weighted by atomic mass is 32.1. The Morgan fingerprint density at radius 3 is 3.00 bits per heavy atom. The van der Waals surface area contributed by atoms with E-state index in [0.717, 1.165) is 11.4 Å². The number of hydrogen-bond acceptors (Lipinski definition) is 6. The quantitative estimate of drug-likeness (QED) is 0.705. The molecule has 0 bridgehead atoms. The molecule has 0 aliphatic heterocycles. The average Bonchev–Trinajstić information content (AvgIpc) is 2.84. The number of aromatic nitrogens is 2. The summed E-state index contributed by atoms with van der Waals surface area (Å²) >= 11 is 4.75. The molecule has 6 nitrogen and oxygen atoms in total. The molecule has 3 N–H and O–H groups in total. The number of aliphatic hydroxyl groups is 1. The second kappa shape index (κ2) is 6.35. The Morgan fingerprint density at radius 2 is 2.32 bits per heavy atom. The summed E-state index contributed by atoms with van der Waals surface area (Å²) in [7, 11) is 0. The molecule has 0 amide bonds. The van der Waals surface area contributed by atoms with Crippen LogP contribution in [0.25, 0.3) is 0 Å². The summed E-state index contributed by atoms with van der Waals surface area (Å²) in [4.78, 5) is 0.142. The molecule has 0 spiro atoms. The number of rotatable bonds is 6. The van der Waals surface area contributed by atoms with E-state index >= 15 is 0 Å². The first-order chi connectivity index (χ1) is 9.20. The first kappa shape index (κ1) is 13.6. The van der Waals surface area contributed by atoms with Crippen LogP contribution < -0.4 is 10.1 Å². The van der Waals surface area contributed by atoms with Crippen LogP contribution in [0.15, 0.2) is 28.7 Å². The topological polar surface area (TPSA) is 83.3 Å². The molecule has 102 valence electrons. The maximum absolute atomic E-state index is 9.89. The summed E-state index contributed by atoms with van der Waals surface area (Å²) in [5, 5.41) is 19.2. The molecule has 7 heteroatoms. The zero-order valence-corrected chi connectivity index (χ0v) is 11.2. The Kier molecular flexibility index (Phi) is 4.53. The molecule has 0 saturated heterocycles. The van der Waals surface area contributed by atoms with Crippen LogP contribution in [0.3, 0.4) is 0 Å². The van der Waals surface area contributed by atoms with Crippen molar-refractivity contribution in [3.8, 4) is 5.75 Å². The van der Waals surface area contributed by atoms with Crippen molar-refractivity contribution >= 4 is 17.9 Å². The Bertz CT molecular complexity index is 581. The predicted octanol–water partition coefficient (Wildman–Crippen LogP) is 2.28. The van der Waals surface area contributed by atoms with E-state index in [-0.39, 0.29) is 17.3 Å². The molecule has 1 atom stereocenters. The van der Waals surface area contributed by atoms with Gasteiger partial charge in [0, 0.05) is 6.54 Å². The molecular weight excluding hydrogens is 266 g/mol. The Morgan fingerprint density at radius 1 is 1.53 bits per heavy atom. The van der Waals surface area contributed by atoms with Crippen molar-refractivity contribution < 1.29 is 14.3 Å². The monoisotopic (exact) mass is 281 g/mol. The van der Waals surface area contributed by atoms with E-state index in [2.05, 4.69) is 15.5 Å². The van der Waals surface area contributed by atoms with Crippen LogP contribution in [0.5, 0.6) is 5.75 Å². The van der Waals surface area contributed by atoms with Gasteiger partial charge in [-0.1, -0.05) is 12.1 Å². The van der Waals surface area contributed by atoms with E-state index in [1.165, 1.54) is 0 Å². The number of nitrogens with one attached hydrogen (secondary N) is 2. The first-order valence-electron chi connectivity index (χ1n) is 5.90. The Hall–Kier alpha value is -1.86. The molecule has 0 fully saturated rings. The normalized spacial score (nSPS) is 12.1. The zero-order valence-electron chi connectivity index (χ0n) is 10.4. The number of H-pyrrole nitrogens is 1. The van der Waals surface area contributed by atoms with Gasteiger partial charge in [0.1, 0.15) is 11.9 Å². The van der Waals surface area contributed by atoms with Crippen molar-refractivity contribution in [2.45, 2.75) is 13.0 Å². The van der Waals surface area contributed by atoms with E-state index in [0.29, 0.717) is 6.61 Å². The van der Waals surface area contributed by atoms with Crippen molar-refractivity contribution in [1.82, 2.24) is 10.2 Å². The van der Waals surface area contributed by atoms with Crippen LogP contribution in [0.1, 0.15) is 18.9 Å². The van der Waals surface area contributed by atoms with Gasteiger partial charge in [-0.15, -0.1) is 5.10 Å². The fraction of sp³-hybridized carbons (Fsp3) is 0.333. The number of nitrogens with zero attached hydrogens (tertiary/aromatic N) is 1. The number of ether oxygens (including phenoxy) is 1. The highest BCUT2D eigenvalue weighted by Gasteiger charge is 2.14. The van der Waals surface area contributed by atoms with Crippen LogP contribution in [-0.4, -0.2) is 28.5 Å². The van der Waals surface area contributed by atoms with Crippen molar-refractivity contribution in [2.24, 2.45) is 0 Å². The molecule has 0 aliphatic carbocycles. The minimum atomic E-state index is -0.886. The van der Waals surface area contributed by atoms with Gasteiger partial charge < -0.3 is 19.6 Å². The number of aromatic amines is 1. The van der Waals surface area contributed by atoms with Gasteiger partial charge in [-0.25, -0.2) is 5.10 Å². The molecule has 2 rings (SSSR count). The summed E-state index contributed by atoms with van der Waals surface area (Å²) in [6, 6.07) is 7.51. The number of hydrogen-bond donors (Lipinski definition) is 3. The van der Waals surface area contributed by atoms with E-state index in [4.69, 9.17) is 21.4 Å². The third-order valence-corrected chi connectivity index (χ3v) is 2.59. The first-order valence-corrected chi connectivity index (χ1v) is 6.30. The molecule has 0 aliphatic rings. The van der Waals surface area contributed by atoms with E-state index in [9.17, 15) is 5.11 Å². The molecule has 0 radical (unpaired) electrons. The van der Waals surface area contributed by atoms with Gasteiger partial charge in [-0.2, -0.15) is 0 Å². The maximum Gasteiger partial charge on any atom is 0.284 e. The van der Waals surface area contributed by atoms with Gasteiger partial charge in [0.2, 0.25) is 5.89 Å². The maximum atomic E-state index is 9.89. The van der Waals surface area contributed by atoms with Crippen LogP contribution in [0.4, 0.5) is 5.69 Å². The molecule has 2 aromatic rings. The highest BCUT2D eigenvalue weighted by Crippen LogP contribution is 2.24. The average molecular weight is 281 g/mol. The van der Waals surface area contributed by atoms with Gasteiger partial charge in [-0.3, -0.25) is 0 Å². The van der Waals surface area contributed by atoms with Gasteiger partial charge in [0.15, 0.2) is 0 Å². The summed E-state index contributed by atoms with van der Waals surface area (Å²) in [5.74, 6) is 0.895. The lowest BCUT2D eigenvalue weighted by Gasteiger charge is -2.13. The van der Waals surface area contributed by atoms with Crippen molar-refractivity contribution in [3.63, 3.8) is 0 Å². The summed E-state index contributed by atoms with van der Waals surface area (Å²) in [5.41, 5.74) is 0.803. The molecule has 19 heavy (non-hydrogen) atoms. The lowest BCUT2D eigenvalue weighted by Crippen LogP contribution is -2.13. The fourth-order valence-corrected chi connectivity index (χ4v) is 1.70. The van der Waals surface area contributed by atoms with E-state index in [1.807, 2.05) is 31.2 Å². The SMILES string of the molecule is CCOc1ccccc1NCC(O)c1n[nH]c(=S)o1. The smallest absolute Gasteiger partial charge is 0.284 e. The molecule has 1 heterocycles. The number of anilines is 1. The van der Waals surface area contributed by atoms with E-state index in [1.54, 1.807) is 0 Å². The van der Waals surface area contributed by atoms with Crippen LogP contribution in [0, 0.1) is 4.84 Å². The lowest BCUT2D eigenvalue weighted by atomic mass is 10.2.